The quantitative estimate of drug-likeness (QED) is 0.117. The molecule has 0 saturated carbocycles. The van der Waals surface area contributed by atoms with Crippen LogP contribution in [0.5, 0.6) is 0 Å². The van der Waals surface area contributed by atoms with Gasteiger partial charge >= 0.3 is 0 Å². The van der Waals surface area contributed by atoms with Gasteiger partial charge in [0.1, 0.15) is 12.9 Å². The Hall–Kier alpha value is 0.570. The molecule has 0 aliphatic rings. The average molecular weight is 472 g/mol. The molecule has 0 aromatic carbocycles. The molecule has 2 N–H and O–H groups in total. The molecule has 152 valence electrons. The molecule has 0 fully saturated rings. The van der Waals surface area contributed by atoms with Crippen LogP contribution in [0, 0.1) is 0 Å². The van der Waals surface area contributed by atoms with Crippen LogP contribution in [0.15, 0.2) is 0 Å². The van der Waals surface area contributed by atoms with E-state index in [-0.39, 0.29) is 6.79 Å². The lowest BCUT2D eigenvalue weighted by molar-refractivity contribution is -0.147. The Kier molecular flexibility index (Phi) is 19.8. The van der Waals surface area contributed by atoms with Crippen molar-refractivity contribution in [2.45, 2.75) is 109 Å². The Bertz CT molecular complexity index is 266. The highest BCUT2D eigenvalue weighted by atomic mass is 127. The first-order chi connectivity index (χ1) is 12.2. The summed E-state index contributed by atoms with van der Waals surface area (Å²) in [6.07, 6.45) is 14.5. The van der Waals surface area contributed by atoms with Gasteiger partial charge in [-0.3, -0.25) is 0 Å². The number of rotatable bonds is 19. The van der Waals surface area contributed by atoms with Crippen molar-refractivity contribution in [2.24, 2.45) is 0 Å². The number of aliphatic hydroxyl groups is 2. The normalized spacial score (nSPS) is 15.2. The number of hydrogen-bond donors (Lipinski definition) is 2. The molecule has 25 heavy (non-hydrogen) atoms. The second-order valence-corrected chi connectivity index (χ2v) is 7.89. The smallest absolute Gasteiger partial charge is 0.146 e. The Morgan fingerprint density at radius 1 is 0.760 bits per heavy atom. The van der Waals surface area contributed by atoms with Crippen molar-refractivity contribution < 1.29 is 19.7 Å². The summed E-state index contributed by atoms with van der Waals surface area (Å²) in [6, 6.07) is 0. The summed E-state index contributed by atoms with van der Waals surface area (Å²) in [5.41, 5.74) is 0. The first-order valence-corrected chi connectivity index (χ1v) is 11.7. The van der Waals surface area contributed by atoms with Gasteiger partial charge < -0.3 is 19.7 Å². The molecule has 0 saturated heterocycles. The van der Waals surface area contributed by atoms with Gasteiger partial charge in [-0.25, -0.2) is 0 Å². The maximum Gasteiger partial charge on any atom is 0.146 e. The van der Waals surface area contributed by atoms with Crippen LogP contribution >= 0.6 is 22.6 Å². The summed E-state index contributed by atoms with van der Waals surface area (Å²) < 4.78 is 10.9. The fourth-order valence-electron chi connectivity index (χ4n) is 3.07. The summed E-state index contributed by atoms with van der Waals surface area (Å²) in [7, 11) is 1.55. The summed E-state index contributed by atoms with van der Waals surface area (Å²) in [4.78, 5) is 0. The van der Waals surface area contributed by atoms with Crippen molar-refractivity contribution in [3.05, 3.63) is 0 Å². The predicted molar refractivity (Wildman–Crippen MR) is 113 cm³/mol. The van der Waals surface area contributed by atoms with E-state index in [0.29, 0.717) is 10.8 Å². The fourth-order valence-corrected chi connectivity index (χ4v) is 3.57. The van der Waals surface area contributed by atoms with Crippen molar-refractivity contribution in [3.8, 4) is 0 Å². The number of aliphatic hydroxyl groups excluding tert-OH is 2. The zero-order valence-electron chi connectivity index (χ0n) is 16.4. The molecule has 0 heterocycles. The lowest BCUT2D eigenvalue weighted by Crippen LogP contribution is -2.41. The minimum absolute atomic E-state index is 0.105. The van der Waals surface area contributed by atoms with Crippen molar-refractivity contribution in [2.75, 3.05) is 18.3 Å². The highest BCUT2D eigenvalue weighted by Gasteiger charge is 2.26. The predicted octanol–water partition coefficient (Wildman–Crippen LogP) is 5.22. The van der Waals surface area contributed by atoms with Crippen LogP contribution < -0.4 is 0 Å². The highest BCUT2D eigenvalue weighted by molar-refractivity contribution is 14.1. The van der Waals surface area contributed by atoms with E-state index in [1.807, 2.05) is 0 Å². The number of hydrogen-bond acceptors (Lipinski definition) is 4. The number of ether oxygens (including phenoxy) is 2. The standard InChI is InChI=1S/C20H41IO4/c1-3-4-5-6-7-8-9-10-11-12-13-14-15-18(22)20(19(23)16-21)25-17-24-2/h18-20,22-23H,3-17H2,1-2H3/t18-,19-,20+/m1/s1. The third kappa shape index (κ3) is 15.3. The van der Waals surface area contributed by atoms with E-state index in [1.165, 1.54) is 64.2 Å². The Morgan fingerprint density at radius 2 is 1.24 bits per heavy atom. The van der Waals surface area contributed by atoms with Gasteiger partial charge in [-0.05, 0) is 6.42 Å². The maximum absolute atomic E-state index is 10.3. The van der Waals surface area contributed by atoms with E-state index in [4.69, 9.17) is 9.47 Å². The van der Waals surface area contributed by atoms with Crippen LogP contribution in [0.3, 0.4) is 0 Å². The number of methoxy groups -OCH3 is 1. The molecule has 0 amide bonds. The van der Waals surface area contributed by atoms with Crippen molar-refractivity contribution in [1.29, 1.82) is 0 Å². The summed E-state index contributed by atoms with van der Waals surface area (Å²) >= 11 is 2.11. The molecule has 0 unspecified atom stereocenters. The molecule has 0 rings (SSSR count). The molecule has 3 atom stereocenters. The minimum Gasteiger partial charge on any atom is -0.390 e. The van der Waals surface area contributed by atoms with Crippen LogP contribution in [0.2, 0.25) is 0 Å². The lowest BCUT2D eigenvalue weighted by atomic mass is 10.0. The molecular formula is C20H41IO4. The summed E-state index contributed by atoms with van der Waals surface area (Å²) in [6.45, 7) is 2.37. The second-order valence-electron chi connectivity index (χ2n) is 7.00. The molecule has 0 spiro atoms. The number of alkyl halides is 1. The van der Waals surface area contributed by atoms with Crippen molar-refractivity contribution in [1.82, 2.24) is 0 Å². The first-order valence-electron chi connectivity index (χ1n) is 10.2. The van der Waals surface area contributed by atoms with Gasteiger partial charge in [-0.1, -0.05) is 107 Å². The molecule has 0 radical (unpaired) electrons. The Balaban J connectivity index is 3.55. The van der Waals surface area contributed by atoms with Gasteiger partial charge in [0.2, 0.25) is 0 Å². The zero-order chi connectivity index (χ0) is 18.8. The third-order valence-electron chi connectivity index (χ3n) is 4.65. The zero-order valence-corrected chi connectivity index (χ0v) is 18.6. The van der Waals surface area contributed by atoms with Gasteiger partial charge in [0.15, 0.2) is 0 Å². The first kappa shape index (κ1) is 25.6. The van der Waals surface area contributed by atoms with Gasteiger partial charge in [-0.15, -0.1) is 0 Å². The summed E-state index contributed by atoms with van der Waals surface area (Å²) in [5.74, 6) is 0. The molecule has 0 aromatic heterocycles. The topological polar surface area (TPSA) is 58.9 Å². The largest absolute Gasteiger partial charge is 0.390 e. The molecule has 0 aromatic rings. The molecule has 5 heteroatoms. The van der Waals surface area contributed by atoms with Gasteiger partial charge in [0, 0.05) is 11.5 Å². The minimum atomic E-state index is -0.650. The van der Waals surface area contributed by atoms with Crippen molar-refractivity contribution >= 4 is 22.6 Å². The van der Waals surface area contributed by atoms with Crippen LogP contribution in [-0.2, 0) is 9.47 Å². The van der Waals surface area contributed by atoms with Crippen molar-refractivity contribution in [3.63, 3.8) is 0 Å². The molecule has 4 nitrogen and oxygen atoms in total. The van der Waals surface area contributed by atoms with Crippen LogP contribution in [0.1, 0.15) is 90.4 Å². The molecule has 0 aliphatic carbocycles. The average Bonchev–Trinajstić information content (AvgIpc) is 2.62. The Labute approximate surface area is 169 Å². The Morgan fingerprint density at radius 3 is 1.68 bits per heavy atom. The molecular weight excluding hydrogens is 431 g/mol. The van der Waals surface area contributed by atoms with E-state index in [0.717, 1.165) is 12.8 Å². The van der Waals surface area contributed by atoms with E-state index < -0.39 is 18.3 Å². The SMILES string of the molecule is CCCCCCCCCCCCCC[C@@H](O)[C@H](OCOC)[C@H](O)CI. The summed E-state index contributed by atoms with van der Waals surface area (Å²) in [5, 5.41) is 20.2. The van der Waals surface area contributed by atoms with Gasteiger partial charge in [0.05, 0.1) is 12.2 Å². The highest BCUT2D eigenvalue weighted by Crippen LogP contribution is 2.16. The third-order valence-corrected chi connectivity index (χ3v) is 5.55. The van der Waals surface area contributed by atoms with Crippen LogP contribution in [0.4, 0.5) is 0 Å². The number of unbranched alkanes of at least 4 members (excludes halogenated alkanes) is 11. The molecule has 0 bridgehead atoms. The van der Waals surface area contributed by atoms with E-state index in [2.05, 4.69) is 29.5 Å². The van der Waals surface area contributed by atoms with Crippen LogP contribution in [0.25, 0.3) is 0 Å². The van der Waals surface area contributed by atoms with E-state index in [9.17, 15) is 10.2 Å². The van der Waals surface area contributed by atoms with E-state index in [1.54, 1.807) is 7.11 Å². The van der Waals surface area contributed by atoms with Crippen LogP contribution in [-0.4, -0.2) is 46.9 Å². The monoisotopic (exact) mass is 472 g/mol. The van der Waals surface area contributed by atoms with Gasteiger partial charge in [0.25, 0.3) is 0 Å². The number of halogens is 1. The second kappa shape index (κ2) is 19.3. The molecule has 0 aliphatic heterocycles. The fraction of sp³-hybridized carbons (Fsp3) is 1.00. The maximum atomic E-state index is 10.3. The lowest BCUT2D eigenvalue weighted by Gasteiger charge is -2.26. The van der Waals surface area contributed by atoms with E-state index >= 15 is 0 Å². The van der Waals surface area contributed by atoms with Gasteiger partial charge in [-0.2, -0.15) is 0 Å².